The van der Waals surface area contributed by atoms with Crippen LogP contribution in [0.4, 0.5) is 5.95 Å². The summed E-state index contributed by atoms with van der Waals surface area (Å²) in [5.74, 6) is 0.458. The molecule has 1 rings (SSSR count). The van der Waals surface area contributed by atoms with Crippen LogP contribution in [0.25, 0.3) is 0 Å². The molecule has 0 saturated heterocycles. The molecule has 0 aliphatic carbocycles. The number of aliphatic hydroxyl groups excluding tert-OH is 1. The van der Waals surface area contributed by atoms with Gasteiger partial charge in [-0.3, -0.25) is 0 Å². The third-order valence-electron chi connectivity index (χ3n) is 1.94. The van der Waals surface area contributed by atoms with Gasteiger partial charge in [-0.2, -0.15) is 5.26 Å². The molecule has 0 aromatic carbocycles. The molecule has 80 valence electrons. The van der Waals surface area contributed by atoms with Crippen molar-refractivity contribution in [1.29, 1.82) is 5.26 Å². The van der Waals surface area contributed by atoms with Crippen LogP contribution in [-0.2, 0) is 0 Å². The molecule has 0 aliphatic heterocycles. The van der Waals surface area contributed by atoms with Gasteiger partial charge in [-0.1, -0.05) is 0 Å². The number of anilines is 1. The molecule has 5 nitrogen and oxygen atoms in total. The van der Waals surface area contributed by atoms with Crippen LogP contribution in [0.3, 0.4) is 0 Å². The molecule has 0 aliphatic rings. The van der Waals surface area contributed by atoms with E-state index in [-0.39, 0.29) is 12.6 Å². The first kappa shape index (κ1) is 11.4. The second kappa shape index (κ2) is 5.94. The molecule has 15 heavy (non-hydrogen) atoms. The van der Waals surface area contributed by atoms with Crippen LogP contribution in [0.5, 0.6) is 0 Å². The van der Waals surface area contributed by atoms with Crippen LogP contribution in [0.15, 0.2) is 12.3 Å². The van der Waals surface area contributed by atoms with Crippen molar-refractivity contribution in [3.63, 3.8) is 0 Å². The zero-order valence-corrected chi connectivity index (χ0v) is 8.64. The number of nitrogens with one attached hydrogen (secondary N) is 1. The molecule has 0 fully saturated rings. The topological polar surface area (TPSA) is 81.8 Å². The summed E-state index contributed by atoms with van der Waals surface area (Å²) < 4.78 is 0. The van der Waals surface area contributed by atoms with Crippen molar-refractivity contribution in [1.82, 2.24) is 9.97 Å². The first-order chi connectivity index (χ1) is 7.26. The lowest BCUT2D eigenvalue weighted by Gasteiger charge is -2.12. The maximum Gasteiger partial charge on any atom is 0.224 e. The maximum absolute atomic E-state index is 8.66. The van der Waals surface area contributed by atoms with Gasteiger partial charge in [0.25, 0.3) is 0 Å². The fourth-order valence-electron chi connectivity index (χ4n) is 1.18. The van der Waals surface area contributed by atoms with Gasteiger partial charge in [-0.05, 0) is 25.8 Å². The predicted molar refractivity (Wildman–Crippen MR) is 56.2 cm³/mol. The summed E-state index contributed by atoms with van der Waals surface area (Å²) in [4.78, 5) is 7.99. The number of hydrogen-bond donors (Lipinski definition) is 2. The van der Waals surface area contributed by atoms with Crippen LogP contribution in [0, 0.1) is 11.3 Å². The zero-order valence-electron chi connectivity index (χ0n) is 8.64. The molecule has 1 aromatic heterocycles. The fourth-order valence-corrected chi connectivity index (χ4v) is 1.18. The number of hydrogen-bond acceptors (Lipinski definition) is 5. The molecule has 0 amide bonds. The van der Waals surface area contributed by atoms with E-state index < -0.39 is 0 Å². The Labute approximate surface area is 88.8 Å². The number of rotatable bonds is 5. The van der Waals surface area contributed by atoms with Crippen LogP contribution in [0.2, 0.25) is 0 Å². The molecule has 0 spiro atoms. The Morgan fingerprint density at radius 2 is 2.47 bits per heavy atom. The van der Waals surface area contributed by atoms with Gasteiger partial charge in [-0.25, -0.2) is 9.97 Å². The van der Waals surface area contributed by atoms with E-state index >= 15 is 0 Å². The number of aromatic nitrogens is 2. The Bertz CT molecular complexity index is 348. The van der Waals surface area contributed by atoms with Gasteiger partial charge in [0.1, 0.15) is 11.8 Å². The van der Waals surface area contributed by atoms with Gasteiger partial charge < -0.3 is 10.4 Å². The van der Waals surface area contributed by atoms with E-state index in [1.54, 1.807) is 12.3 Å². The number of nitrogens with zero attached hydrogens (tertiary/aromatic N) is 3. The smallest absolute Gasteiger partial charge is 0.224 e. The van der Waals surface area contributed by atoms with E-state index in [0.29, 0.717) is 11.6 Å². The van der Waals surface area contributed by atoms with Crippen LogP contribution < -0.4 is 5.32 Å². The third kappa shape index (κ3) is 3.92. The van der Waals surface area contributed by atoms with E-state index in [0.717, 1.165) is 12.8 Å². The highest BCUT2D eigenvalue weighted by molar-refractivity contribution is 5.30. The van der Waals surface area contributed by atoms with Crippen molar-refractivity contribution >= 4 is 5.95 Å². The Morgan fingerprint density at radius 3 is 3.13 bits per heavy atom. The third-order valence-corrected chi connectivity index (χ3v) is 1.94. The lowest BCUT2D eigenvalue weighted by atomic mass is 10.2. The SMILES string of the molecule is CC(CCCO)Nc1nccc(C#N)n1. The van der Waals surface area contributed by atoms with E-state index in [1.165, 1.54) is 0 Å². The standard InChI is InChI=1S/C10H14N4O/c1-8(3-2-6-15)13-10-12-5-4-9(7-11)14-10/h4-5,8,15H,2-3,6H2,1H3,(H,12,13,14). The lowest BCUT2D eigenvalue weighted by Crippen LogP contribution is -2.17. The number of aliphatic hydroxyl groups is 1. The monoisotopic (exact) mass is 206 g/mol. The Morgan fingerprint density at radius 1 is 1.67 bits per heavy atom. The van der Waals surface area contributed by atoms with E-state index in [1.807, 2.05) is 13.0 Å². The van der Waals surface area contributed by atoms with Crippen molar-refractivity contribution in [2.24, 2.45) is 0 Å². The molecule has 1 unspecified atom stereocenters. The molecular weight excluding hydrogens is 192 g/mol. The predicted octanol–water partition coefficient (Wildman–Crippen LogP) is 0.921. The largest absolute Gasteiger partial charge is 0.396 e. The van der Waals surface area contributed by atoms with Gasteiger partial charge in [0.2, 0.25) is 5.95 Å². The second-order valence-electron chi connectivity index (χ2n) is 3.29. The highest BCUT2D eigenvalue weighted by Gasteiger charge is 2.03. The van der Waals surface area contributed by atoms with E-state index in [4.69, 9.17) is 10.4 Å². The van der Waals surface area contributed by atoms with E-state index in [2.05, 4.69) is 15.3 Å². The highest BCUT2D eigenvalue weighted by Crippen LogP contribution is 2.04. The number of nitriles is 1. The quantitative estimate of drug-likeness (QED) is 0.748. The molecule has 1 atom stereocenters. The van der Waals surface area contributed by atoms with Gasteiger partial charge in [0, 0.05) is 18.8 Å². The Balaban J connectivity index is 2.53. The minimum atomic E-state index is 0.186. The average molecular weight is 206 g/mol. The first-order valence-electron chi connectivity index (χ1n) is 4.87. The summed E-state index contributed by atoms with van der Waals surface area (Å²) in [6.45, 7) is 2.17. The minimum absolute atomic E-state index is 0.186. The van der Waals surface area contributed by atoms with Gasteiger partial charge in [0.05, 0.1) is 0 Å². The van der Waals surface area contributed by atoms with Crippen molar-refractivity contribution in [3.05, 3.63) is 18.0 Å². The molecule has 0 bridgehead atoms. The minimum Gasteiger partial charge on any atom is -0.396 e. The van der Waals surface area contributed by atoms with Crippen LogP contribution in [0.1, 0.15) is 25.5 Å². The summed E-state index contributed by atoms with van der Waals surface area (Å²) in [5.41, 5.74) is 0.349. The first-order valence-corrected chi connectivity index (χ1v) is 4.87. The molecular formula is C10H14N4O. The van der Waals surface area contributed by atoms with Crippen LogP contribution in [-0.4, -0.2) is 27.7 Å². The van der Waals surface area contributed by atoms with Crippen molar-refractivity contribution in [2.75, 3.05) is 11.9 Å². The molecule has 5 heteroatoms. The Hall–Kier alpha value is -1.67. The molecule has 0 radical (unpaired) electrons. The summed E-state index contributed by atoms with van der Waals surface area (Å²) in [6.07, 6.45) is 3.13. The zero-order chi connectivity index (χ0) is 11.1. The molecule has 1 heterocycles. The second-order valence-corrected chi connectivity index (χ2v) is 3.29. The fraction of sp³-hybridized carbons (Fsp3) is 0.500. The van der Waals surface area contributed by atoms with E-state index in [9.17, 15) is 0 Å². The Kier molecular flexibility index (Phi) is 4.51. The van der Waals surface area contributed by atoms with Gasteiger partial charge in [0.15, 0.2) is 0 Å². The summed E-state index contributed by atoms with van der Waals surface area (Å²) in [7, 11) is 0. The summed E-state index contributed by atoms with van der Waals surface area (Å²) in [5, 5.41) is 20.4. The average Bonchev–Trinajstić information content (AvgIpc) is 2.26. The maximum atomic E-state index is 8.66. The van der Waals surface area contributed by atoms with Gasteiger partial charge >= 0.3 is 0 Å². The van der Waals surface area contributed by atoms with Crippen molar-refractivity contribution < 1.29 is 5.11 Å². The van der Waals surface area contributed by atoms with Crippen molar-refractivity contribution in [2.45, 2.75) is 25.8 Å². The highest BCUT2D eigenvalue weighted by atomic mass is 16.2. The summed E-state index contributed by atoms with van der Waals surface area (Å²) in [6, 6.07) is 3.70. The normalized spacial score (nSPS) is 11.8. The van der Waals surface area contributed by atoms with Crippen molar-refractivity contribution in [3.8, 4) is 6.07 Å². The molecule has 1 aromatic rings. The molecule has 2 N–H and O–H groups in total. The van der Waals surface area contributed by atoms with Crippen LogP contribution >= 0.6 is 0 Å². The van der Waals surface area contributed by atoms with Gasteiger partial charge in [-0.15, -0.1) is 0 Å². The molecule has 0 saturated carbocycles. The lowest BCUT2D eigenvalue weighted by molar-refractivity contribution is 0.282. The summed E-state index contributed by atoms with van der Waals surface area (Å²) >= 11 is 0.